The molecule has 3 N–H and O–H groups in total. The molecular formula is C9H14N+. The average molecular weight is 136 g/mol. The highest BCUT2D eigenvalue weighted by atomic mass is 14.5. The summed E-state index contributed by atoms with van der Waals surface area (Å²) in [5.41, 5.74) is 5.22. The zero-order valence-corrected chi connectivity index (χ0v) is 6.22. The number of benzene rings is 1. The summed E-state index contributed by atoms with van der Waals surface area (Å²) in [6.45, 7) is 1.04. The molecule has 1 heteroatoms. The largest absolute Gasteiger partial charge is 0.358 e. The van der Waals surface area contributed by atoms with E-state index in [1.165, 1.54) is 18.4 Å². The van der Waals surface area contributed by atoms with Crippen LogP contribution in [0.5, 0.6) is 0 Å². The van der Waals surface area contributed by atoms with Gasteiger partial charge in [0.15, 0.2) is 0 Å². The summed E-state index contributed by atoms with van der Waals surface area (Å²) in [5, 5.41) is 0. The number of rotatable bonds is 3. The van der Waals surface area contributed by atoms with Crippen LogP contribution in [0.2, 0.25) is 0 Å². The van der Waals surface area contributed by atoms with Crippen molar-refractivity contribution in [1.29, 1.82) is 0 Å². The van der Waals surface area contributed by atoms with Gasteiger partial charge in [-0.1, -0.05) is 30.3 Å². The van der Waals surface area contributed by atoms with Crippen molar-refractivity contribution >= 4 is 0 Å². The van der Waals surface area contributed by atoms with Crippen molar-refractivity contribution < 1.29 is 5.73 Å². The summed E-state index contributed by atoms with van der Waals surface area (Å²) < 4.78 is 0. The maximum Gasteiger partial charge on any atom is 0.0743 e. The van der Waals surface area contributed by atoms with Crippen LogP contribution >= 0.6 is 0 Å². The van der Waals surface area contributed by atoms with Gasteiger partial charge in [0.1, 0.15) is 0 Å². The van der Waals surface area contributed by atoms with Gasteiger partial charge in [0, 0.05) is 6.42 Å². The highest BCUT2D eigenvalue weighted by Gasteiger charge is 1.88. The zero-order valence-electron chi connectivity index (χ0n) is 6.22. The molecule has 0 aliphatic carbocycles. The van der Waals surface area contributed by atoms with Gasteiger partial charge in [-0.2, -0.15) is 0 Å². The Labute approximate surface area is 61.9 Å². The Morgan fingerprint density at radius 2 is 1.80 bits per heavy atom. The molecule has 0 saturated carbocycles. The Bertz CT molecular complexity index is 169. The van der Waals surface area contributed by atoms with E-state index in [0.717, 1.165) is 6.54 Å². The monoisotopic (exact) mass is 136 g/mol. The van der Waals surface area contributed by atoms with E-state index in [4.69, 9.17) is 0 Å². The van der Waals surface area contributed by atoms with Crippen LogP contribution in [0, 0.1) is 0 Å². The molecule has 0 saturated heterocycles. The molecule has 0 aliphatic rings. The smallest absolute Gasteiger partial charge is 0.0743 e. The van der Waals surface area contributed by atoms with Crippen LogP contribution in [0.3, 0.4) is 0 Å². The first kappa shape index (κ1) is 7.29. The third-order valence-corrected chi connectivity index (χ3v) is 1.56. The molecule has 1 aromatic carbocycles. The molecule has 0 unspecified atom stereocenters. The molecule has 0 heterocycles. The maximum atomic E-state index is 3.80. The van der Waals surface area contributed by atoms with E-state index < -0.39 is 0 Å². The summed E-state index contributed by atoms with van der Waals surface area (Å²) >= 11 is 0. The lowest BCUT2D eigenvalue weighted by Gasteiger charge is -1.95. The van der Waals surface area contributed by atoms with Gasteiger partial charge >= 0.3 is 0 Å². The predicted octanol–water partition coefficient (Wildman–Crippen LogP) is 0.861. The van der Waals surface area contributed by atoms with Gasteiger partial charge in [-0.25, -0.2) is 0 Å². The van der Waals surface area contributed by atoms with E-state index in [9.17, 15) is 0 Å². The Morgan fingerprint density at radius 3 is 2.40 bits per heavy atom. The van der Waals surface area contributed by atoms with Crippen LogP contribution in [0.1, 0.15) is 12.0 Å². The van der Waals surface area contributed by atoms with E-state index in [0.29, 0.717) is 0 Å². The summed E-state index contributed by atoms with van der Waals surface area (Å²) in [4.78, 5) is 0. The van der Waals surface area contributed by atoms with Crippen molar-refractivity contribution in [1.82, 2.24) is 0 Å². The molecule has 1 aromatic rings. The SMILES string of the molecule is [NH3+]CCCc1ccccc1. The van der Waals surface area contributed by atoms with Crippen LogP contribution in [-0.4, -0.2) is 6.54 Å². The van der Waals surface area contributed by atoms with E-state index in [-0.39, 0.29) is 0 Å². The predicted molar refractivity (Wildman–Crippen MR) is 42.5 cm³/mol. The van der Waals surface area contributed by atoms with E-state index in [1.807, 2.05) is 6.07 Å². The summed E-state index contributed by atoms with van der Waals surface area (Å²) in [7, 11) is 0. The topological polar surface area (TPSA) is 27.6 Å². The molecule has 1 rings (SSSR count). The number of hydrogen-bond donors (Lipinski definition) is 1. The van der Waals surface area contributed by atoms with Gasteiger partial charge in [0.25, 0.3) is 0 Å². The van der Waals surface area contributed by atoms with E-state index in [2.05, 4.69) is 30.0 Å². The Balaban J connectivity index is 2.43. The number of hydrogen-bond acceptors (Lipinski definition) is 0. The van der Waals surface area contributed by atoms with Gasteiger partial charge in [-0.3, -0.25) is 0 Å². The average Bonchev–Trinajstić information content (AvgIpc) is 2.03. The fraction of sp³-hybridized carbons (Fsp3) is 0.333. The molecule has 0 bridgehead atoms. The minimum absolute atomic E-state index is 1.04. The first-order chi connectivity index (χ1) is 4.93. The van der Waals surface area contributed by atoms with E-state index in [1.54, 1.807) is 0 Å². The Hall–Kier alpha value is -0.820. The molecule has 0 atom stereocenters. The molecule has 0 aliphatic heterocycles. The third kappa shape index (κ3) is 2.19. The fourth-order valence-electron chi connectivity index (χ4n) is 0.974. The van der Waals surface area contributed by atoms with Crippen LogP contribution in [-0.2, 0) is 6.42 Å². The van der Waals surface area contributed by atoms with Crippen molar-refractivity contribution in [2.24, 2.45) is 0 Å². The van der Waals surface area contributed by atoms with Crippen LogP contribution < -0.4 is 5.73 Å². The second-order valence-electron chi connectivity index (χ2n) is 2.44. The van der Waals surface area contributed by atoms with Crippen molar-refractivity contribution in [3.8, 4) is 0 Å². The maximum absolute atomic E-state index is 3.80. The van der Waals surface area contributed by atoms with Gasteiger partial charge < -0.3 is 5.73 Å². The van der Waals surface area contributed by atoms with Crippen molar-refractivity contribution in [2.45, 2.75) is 12.8 Å². The van der Waals surface area contributed by atoms with Gasteiger partial charge in [-0.05, 0) is 12.0 Å². The highest BCUT2D eigenvalue weighted by Crippen LogP contribution is 2.00. The first-order valence-electron chi connectivity index (χ1n) is 3.76. The lowest BCUT2D eigenvalue weighted by atomic mass is 10.1. The molecule has 54 valence electrons. The second kappa shape index (κ2) is 4.07. The lowest BCUT2D eigenvalue weighted by molar-refractivity contribution is -0.368. The molecule has 0 fully saturated rings. The minimum atomic E-state index is 1.04. The fourth-order valence-corrected chi connectivity index (χ4v) is 0.974. The Kier molecular flexibility index (Phi) is 2.97. The number of quaternary nitrogens is 1. The third-order valence-electron chi connectivity index (χ3n) is 1.56. The second-order valence-corrected chi connectivity index (χ2v) is 2.44. The number of aryl methyl sites for hydroxylation is 1. The molecule has 0 amide bonds. The first-order valence-corrected chi connectivity index (χ1v) is 3.76. The van der Waals surface area contributed by atoms with Crippen LogP contribution in [0.4, 0.5) is 0 Å². The molecule has 0 radical (unpaired) electrons. The van der Waals surface area contributed by atoms with Gasteiger partial charge in [-0.15, -0.1) is 0 Å². The van der Waals surface area contributed by atoms with Crippen molar-refractivity contribution in [3.05, 3.63) is 35.9 Å². The van der Waals surface area contributed by atoms with Gasteiger partial charge in [0.2, 0.25) is 0 Å². The highest BCUT2D eigenvalue weighted by molar-refractivity contribution is 5.14. The molecule has 0 spiro atoms. The molecule has 0 aromatic heterocycles. The van der Waals surface area contributed by atoms with E-state index >= 15 is 0 Å². The molecular weight excluding hydrogens is 122 g/mol. The quantitative estimate of drug-likeness (QED) is 0.638. The summed E-state index contributed by atoms with van der Waals surface area (Å²) in [5.74, 6) is 0. The van der Waals surface area contributed by atoms with Crippen molar-refractivity contribution in [2.75, 3.05) is 6.54 Å². The standard InChI is InChI=1S/C9H13N/c10-8-4-7-9-5-2-1-3-6-9/h1-3,5-6H,4,7-8,10H2/p+1. The van der Waals surface area contributed by atoms with Crippen LogP contribution in [0.25, 0.3) is 0 Å². The normalized spacial score (nSPS) is 9.70. The summed E-state index contributed by atoms with van der Waals surface area (Å²) in [6.07, 6.45) is 2.37. The van der Waals surface area contributed by atoms with Gasteiger partial charge in [0.05, 0.1) is 6.54 Å². The molecule has 10 heavy (non-hydrogen) atoms. The van der Waals surface area contributed by atoms with Crippen LogP contribution in [0.15, 0.2) is 30.3 Å². The lowest BCUT2D eigenvalue weighted by Crippen LogP contribution is -2.50. The zero-order chi connectivity index (χ0) is 7.23. The minimum Gasteiger partial charge on any atom is -0.358 e. The summed E-state index contributed by atoms with van der Waals surface area (Å²) in [6, 6.07) is 10.5. The van der Waals surface area contributed by atoms with Crippen molar-refractivity contribution in [3.63, 3.8) is 0 Å². The Morgan fingerprint density at radius 1 is 1.10 bits per heavy atom. The molecule has 1 nitrogen and oxygen atoms in total.